The standard InChI is InChI=1S/C17H20N2S/c1-13-3-7-15(8-4-13)11-18-17(20)19-12-16-9-5-14(2)6-10-16/h3-10H,11-12H2,1-2H3,(H2,18,19,20). The third-order valence-corrected chi connectivity index (χ3v) is 3.44. The summed E-state index contributed by atoms with van der Waals surface area (Å²) in [4.78, 5) is 0. The zero-order valence-electron chi connectivity index (χ0n) is 11.9. The van der Waals surface area contributed by atoms with Gasteiger partial charge in [-0.15, -0.1) is 0 Å². The fraction of sp³-hybridized carbons (Fsp3) is 0.235. The summed E-state index contributed by atoms with van der Waals surface area (Å²) < 4.78 is 0. The molecule has 0 spiro atoms. The number of hydrogen-bond acceptors (Lipinski definition) is 1. The summed E-state index contributed by atoms with van der Waals surface area (Å²) in [5.74, 6) is 0. The van der Waals surface area contributed by atoms with Gasteiger partial charge in [0.15, 0.2) is 5.11 Å². The Morgan fingerprint density at radius 1 is 0.750 bits per heavy atom. The Bertz CT molecular complexity index is 507. The summed E-state index contributed by atoms with van der Waals surface area (Å²) in [5, 5.41) is 7.13. The van der Waals surface area contributed by atoms with E-state index >= 15 is 0 Å². The summed E-state index contributed by atoms with van der Waals surface area (Å²) in [6.07, 6.45) is 0. The predicted molar refractivity (Wildman–Crippen MR) is 88.6 cm³/mol. The van der Waals surface area contributed by atoms with Gasteiger partial charge in [-0.05, 0) is 37.2 Å². The average Bonchev–Trinajstić information content (AvgIpc) is 2.46. The van der Waals surface area contributed by atoms with Gasteiger partial charge in [0.2, 0.25) is 0 Å². The first-order valence-electron chi connectivity index (χ1n) is 6.76. The third kappa shape index (κ3) is 4.67. The third-order valence-electron chi connectivity index (χ3n) is 3.15. The van der Waals surface area contributed by atoms with Gasteiger partial charge in [-0.25, -0.2) is 0 Å². The average molecular weight is 284 g/mol. The number of hydrogen-bond donors (Lipinski definition) is 2. The highest BCUT2D eigenvalue weighted by Gasteiger charge is 1.97. The molecule has 0 aromatic heterocycles. The minimum absolute atomic E-state index is 0.686. The maximum absolute atomic E-state index is 5.28. The molecule has 2 nitrogen and oxygen atoms in total. The van der Waals surface area contributed by atoms with Gasteiger partial charge in [0, 0.05) is 13.1 Å². The minimum Gasteiger partial charge on any atom is -0.359 e. The molecule has 0 unspecified atom stereocenters. The van der Waals surface area contributed by atoms with E-state index < -0.39 is 0 Å². The van der Waals surface area contributed by atoms with Gasteiger partial charge in [-0.3, -0.25) is 0 Å². The lowest BCUT2D eigenvalue weighted by Crippen LogP contribution is -2.34. The Morgan fingerprint density at radius 3 is 1.45 bits per heavy atom. The Kier molecular flexibility index (Phi) is 5.13. The molecule has 0 heterocycles. The van der Waals surface area contributed by atoms with Crippen LogP contribution in [-0.2, 0) is 13.1 Å². The predicted octanol–water partition coefficient (Wildman–Crippen LogP) is 3.47. The van der Waals surface area contributed by atoms with E-state index in [1.807, 2.05) is 0 Å². The molecule has 0 amide bonds. The first-order chi connectivity index (χ1) is 9.63. The fourth-order valence-corrected chi connectivity index (χ4v) is 1.98. The Hall–Kier alpha value is -1.87. The van der Waals surface area contributed by atoms with Crippen molar-refractivity contribution in [2.45, 2.75) is 26.9 Å². The maximum atomic E-state index is 5.28. The topological polar surface area (TPSA) is 24.1 Å². The van der Waals surface area contributed by atoms with Gasteiger partial charge >= 0.3 is 0 Å². The van der Waals surface area contributed by atoms with Crippen LogP contribution in [0.15, 0.2) is 48.5 Å². The first-order valence-corrected chi connectivity index (χ1v) is 7.17. The summed E-state index contributed by atoms with van der Waals surface area (Å²) in [7, 11) is 0. The van der Waals surface area contributed by atoms with Crippen LogP contribution < -0.4 is 10.6 Å². The molecule has 0 saturated carbocycles. The molecule has 0 aliphatic carbocycles. The molecule has 20 heavy (non-hydrogen) atoms. The number of rotatable bonds is 4. The summed E-state index contributed by atoms with van der Waals surface area (Å²) in [6.45, 7) is 5.68. The van der Waals surface area contributed by atoms with Gasteiger partial charge < -0.3 is 10.6 Å². The highest BCUT2D eigenvalue weighted by molar-refractivity contribution is 7.80. The van der Waals surface area contributed by atoms with Crippen molar-refractivity contribution >= 4 is 17.3 Å². The minimum atomic E-state index is 0.686. The van der Waals surface area contributed by atoms with Gasteiger partial charge in [-0.1, -0.05) is 59.7 Å². The zero-order valence-corrected chi connectivity index (χ0v) is 12.8. The summed E-state index contributed by atoms with van der Waals surface area (Å²) in [6, 6.07) is 16.9. The number of aryl methyl sites for hydroxylation is 2. The highest BCUT2D eigenvalue weighted by atomic mass is 32.1. The molecule has 2 aromatic rings. The van der Waals surface area contributed by atoms with Crippen molar-refractivity contribution in [2.75, 3.05) is 0 Å². The summed E-state index contributed by atoms with van der Waals surface area (Å²) >= 11 is 5.28. The van der Waals surface area contributed by atoms with Crippen LogP contribution in [0.4, 0.5) is 0 Å². The molecule has 2 aromatic carbocycles. The molecule has 104 valence electrons. The molecule has 2 N–H and O–H groups in total. The molecule has 2 rings (SSSR count). The molecule has 0 aliphatic heterocycles. The van der Waals surface area contributed by atoms with Crippen LogP contribution in [0.5, 0.6) is 0 Å². The van der Waals surface area contributed by atoms with Crippen molar-refractivity contribution in [3.05, 3.63) is 70.8 Å². The van der Waals surface area contributed by atoms with E-state index in [0.717, 1.165) is 13.1 Å². The van der Waals surface area contributed by atoms with Crippen molar-refractivity contribution in [2.24, 2.45) is 0 Å². The monoisotopic (exact) mass is 284 g/mol. The van der Waals surface area contributed by atoms with E-state index in [-0.39, 0.29) is 0 Å². The van der Waals surface area contributed by atoms with Crippen molar-refractivity contribution in [1.82, 2.24) is 10.6 Å². The second kappa shape index (κ2) is 7.06. The van der Waals surface area contributed by atoms with Gasteiger partial charge in [-0.2, -0.15) is 0 Å². The van der Waals surface area contributed by atoms with Crippen LogP contribution in [0, 0.1) is 13.8 Å². The molecule has 0 fully saturated rings. The van der Waals surface area contributed by atoms with Crippen molar-refractivity contribution in [3.63, 3.8) is 0 Å². The van der Waals surface area contributed by atoms with Crippen LogP contribution in [0.3, 0.4) is 0 Å². The van der Waals surface area contributed by atoms with Crippen LogP contribution in [0.2, 0.25) is 0 Å². The summed E-state index contributed by atoms with van der Waals surface area (Å²) in [5.41, 5.74) is 5.01. The lowest BCUT2D eigenvalue weighted by molar-refractivity contribution is 0.832. The Morgan fingerprint density at radius 2 is 1.10 bits per heavy atom. The van der Waals surface area contributed by atoms with Gasteiger partial charge in [0.25, 0.3) is 0 Å². The van der Waals surface area contributed by atoms with E-state index in [2.05, 4.69) is 73.0 Å². The Labute approximate surface area is 126 Å². The van der Waals surface area contributed by atoms with Crippen molar-refractivity contribution < 1.29 is 0 Å². The molecule has 0 aliphatic rings. The molecule has 0 bridgehead atoms. The smallest absolute Gasteiger partial charge is 0.166 e. The van der Waals surface area contributed by atoms with Gasteiger partial charge in [0.1, 0.15) is 0 Å². The number of benzene rings is 2. The molecule has 0 atom stereocenters. The number of thiocarbonyl (C=S) groups is 1. The SMILES string of the molecule is Cc1ccc(CNC(=S)NCc2ccc(C)cc2)cc1. The molecule has 3 heteroatoms. The molecular formula is C17H20N2S. The largest absolute Gasteiger partial charge is 0.359 e. The van der Waals surface area contributed by atoms with Gasteiger partial charge in [0.05, 0.1) is 0 Å². The second-order valence-corrected chi connectivity index (χ2v) is 5.42. The normalized spacial score (nSPS) is 10.1. The number of nitrogens with one attached hydrogen (secondary N) is 2. The highest BCUT2D eigenvalue weighted by Crippen LogP contribution is 2.03. The molecule has 0 saturated heterocycles. The van der Waals surface area contributed by atoms with E-state index in [9.17, 15) is 0 Å². The lowest BCUT2D eigenvalue weighted by atomic mass is 10.1. The van der Waals surface area contributed by atoms with Crippen LogP contribution in [-0.4, -0.2) is 5.11 Å². The second-order valence-electron chi connectivity index (χ2n) is 5.01. The van der Waals surface area contributed by atoms with E-state index in [0.29, 0.717) is 5.11 Å². The lowest BCUT2D eigenvalue weighted by Gasteiger charge is -2.11. The van der Waals surface area contributed by atoms with Crippen LogP contribution in [0.1, 0.15) is 22.3 Å². The van der Waals surface area contributed by atoms with E-state index in [1.54, 1.807) is 0 Å². The zero-order chi connectivity index (χ0) is 14.4. The van der Waals surface area contributed by atoms with Crippen LogP contribution >= 0.6 is 12.2 Å². The molecule has 0 radical (unpaired) electrons. The molecular weight excluding hydrogens is 264 g/mol. The quantitative estimate of drug-likeness (QED) is 0.841. The Balaban J connectivity index is 1.75. The maximum Gasteiger partial charge on any atom is 0.166 e. The fourth-order valence-electron chi connectivity index (χ4n) is 1.84. The van der Waals surface area contributed by atoms with Crippen molar-refractivity contribution in [3.8, 4) is 0 Å². The van der Waals surface area contributed by atoms with Crippen LogP contribution in [0.25, 0.3) is 0 Å². The van der Waals surface area contributed by atoms with E-state index in [4.69, 9.17) is 12.2 Å². The van der Waals surface area contributed by atoms with Crippen molar-refractivity contribution in [1.29, 1.82) is 0 Å². The van der Waals surface area contributed by atoms with E-state index in [1.165, 1.54) is 22.3 Å². The first kappa shape index (κ1) is 14.5.